The third-order valence-corrected chi connectivity index (χ3v) is 2.98. The van der Waals surface area contributed by atoms with Crippen molar-refractivity contribution in [3.63, 3.8) is 0 Å². The van der Waals surface area contributed by atoms with Crippen molar-refractivity contribution in [2.75, 3.05) is 6.54 Å². The van der Waals surface area contributed by atoms with E-state index < -0.39 is 11.4 Å². The molecule has 16 heavy (non-hydrogen) atoms. The minimum absolute atomic E-state index is 0.0796. The van der Waals surface area contributed by atoms with Gasteiger partial charge in [-0.1, -0.05) is 19.1 Å². The number of rotatable bonds is 5. The molecule has 1 aromatic rings. The average molecular weight is 225 g/mol. The fourth-order valence-corrected chi connectivity index (χ4v) is 1.65. The van der Waals surface area contributed by atoms with Crippen molar-refractivity contribution in [1.82, 2.24) is 0 Å². The molecule has 0 aliphatic rings. The molecule has 1 unspecified atom stereocenters. The number of hydrogen-bond acceptors (Lipinski definition) is 2. The lowest BCUT2D eigenvalue weighted by Gasteiger charge is -2.26. The van der Waals surface area contributed by atoms with Crippen molar-refractivity contribution in [3.8, 4) is 0 Å². The van der Waals surface area contributed by atoms with E-state index in [1.165, 1.54) is 12.1 Å². The Hall–Kier alpha value is -1.42. The molecule has 0 aliphatic carbocycles. The van der Waals surface area contributed by atoms with Gasteiger partial charge in [0.1, 0.15) is 5.82 Å². The van der Waals surface area contributed by atoms with Crippen LogP contribution in [0.5, 0.6) is 0 Å². The monoisotopic (exact) mass is 225 g/mol. The van der Waals surface area contributed by atoms with Gasteiger partial charge in [0, 0.05) is 6.54 Å². The number of hydrogen-bond donors (Lipinski definition) is 2. The molecule has 1 atom stereocenters. The Morgan fingerprint density at radius 1 is 1.44 bits per heavy atom. The van der Waals surface area contributed by atoms with E-state index in [0.29, 0.717) is 12.8 Å². The number of aliphatic carboxylic acids is 1. The highest BCUT2D eigenvalue weighted by Gasteiger charge is 2.35. The van der Waals surface area contributed by atoms with Crippen molar-refractivity contribution < 1.29 is 14.3 Å². The SMILES string of the molecule is CCC(CN)(Cc1ccc(F)cc1)C(=O)O. The zero-order valence-electron chi connectivity index (χ0n) is 9.24. The van der Waals surface area contributed by atoms with Crippen LogP contribution >= 0.6 is 0 Å². The molecule has 0 radical (unpaired) electrons. The number of halogens is 1. The molecule has 0 bridgehead atoms. The number of benzene rings is 1. The maximum atomic E-state index is 12.7. The van der Waals surface area contributed by atoms with E-state index in [1.807, 2.05) is 0 Å². The van der Waals surface area contributed by atoms with Crippen LogP contribution in [-0.4, -0.2) is 17.6 Å². The van der Waals surface area contributed by atoms with Crippen LogP contribution in [0.4, 0.5) is 4.39 Å². The summed E-state index contributed by atoms with van der Waals surface area (Å²) in [6.07, 6.45) is 0.784. The van der Waals surface area contributed by atoms with Crippen molar-refractivity contribution in [2.24, 2.45) is 11.1 Å². The first kappa shape index (κ1) is 12.6. The summed E-state index contributed by atoms with van der Waals surface area (Å²) in [4.78, 5) is 11.2. The first-order valence-electron chi connectivity index (χ1n) is 5.22. The van der Waals surface area contributed by atoms with E-state index in [9.17, 15) is 14.3 Å². The molecule has 0 spiro atoms. The molecule has 0 saturated heterocycles. The standard InChI is InChI=1S/C12H16FNO2/c1-2-12(8-14,11(15)16)7-9-3-5-10(13)6-4-9/h3-6H,2,7-8,14H2,1H3,(H,15,16). The maximum absolute atomic E-state index is 12.7. The van der Waals surface area contributed by atoms with Gasteiger partial charge in [-0.25, -0.2) is 4.39 Å². The van der Waals surface area contributed by atoms with Gasteiger partial charge in [0.2, 0.25) is 0 Å². The van der Waals surface area contributed by atoms with Gasteiger partial charge >= 0.3 is 5.97 Å². The van der Waals surface area contributed by atoms with Crippen LogP contribution < -0.4 is 5.73 Å². The summed E-state index contributed by atoms with van der Waals surface area (Å²) < 4.78 is 12.7. The van der Waals surface area contributed by atoms with E-state index in [4.69, 9.17) is 5.73 Å². The summed E-state index contributed by atoms with van der Waals surface area (Å²) in [5.74, 6) is -1.23. The Bertz CT molecular complexity index is 358. The largest absolute Gasteiger partial charge is 0.481 e. The van der Waals surface area contributed by atoms with E-state index >= 15 is 0 Å². The Morgan fingerprint density at radius 3 is 2.38 bits per heavy atom. The van der Waals surface area contributed by atoms with Gasteiger partial charge in [-0.3, -0.25) is 4.79 Å². The number of carbonyl (C=O) groups is 1. The molecule has 4 heteroatoms. The third-order valence-electron chi connectivity index (χ3n) is 2.98. The zero-order chi connectivity index (χ0) is 12.2. The van der Waals surface area contributed by atoms with Gasteiger partial charge in [0.25, 0.3) is 0 Å². The molecule has 3 nitrogen and oxygen atoms in total. The van der Waals surface area contributed by atoms with Crippen LogP contribution in [0.3, 0.4) is 0 Å². The Kier molecular flexibility index (Phi) is 4.01. The lowest BCUT2D eigenvalue weighted by molar-refractivity contribution is -0.148. The van der Waals surface area contributed by atoms with E-state index in [-0.39, 0.29) is 12.4 Å². The van der Waals surface area contributed by atoms with Gasteiger partial charge in [0.05, 0.1) is 5.41 Å². The summed E-state index contributed by atoms with van der Waals surface area (Å²) in [7, 11) is 0. The molecule has 0 aromatic heterocycles. The van der Waals surface area contributed by atoms with Gasteiger partial charge in [-0.15, -0.1) is 0 Å². The van der Waals surface area contributed by atoms with Gasteiger partial charge < -0.3 is 10.8 Å². The quantitative estimate of drug-likeness (QED) is 0.803. The highest BCUT2D eigenvalue weighted by molar-refractivity contribution is 5.75. The second kappa shape index (κ2) is 5.07. The zero-order valence-corrected chi connectivity index (χ0v) is 9.24. The Balaban J connectivity index is 2.91. The van der Waals surface area contributed by atoms with Crippen molar-refractivity contribution in [2.45, 2.75) is 19.8 Å². The molecule has 88 valence electrons. The summed E-state index contributed by atoms with van der Waals surface area (Å²) >= 11 is 0. The van der Waals surface area contributed by atoms with Crippen LogP contribution in [0.15, 0.2) is 24.3 Å². The second-order valence-corrected chi connectivity index (χ2v) is 3.95. The van der Waals surface area contributed by atoms with Gasteiger partial charge in [-0.05, 0) is 30.5 Å². The first-order chi connectivity index (χ1) is 7.54. The van der Waals surface area contributed by atoms with Crippen molar-refractivity contribution in [3.05, 3.63) is 35.6 Å². The Labute approximate surface area is 94.1 Å². The number of carboxylic acid groups (broad SMARTS) is 1. The first-order valence-corrected chi connectivity index (χ1v) is 5.22. The molecular formula is C12H16FNO2. The lowest BCUT2D eigenvalue weighted by atomic mass is 9.79. The molecule has 0 aliphatic heterocycles. The van der Waals surface area contributed by atoms with Crippen LogP contribution in [0.1, 0.15) is 18.9 Å². The molecule has 1 rings (SSSR count). The van der Waals surface area contributed by atoms with Crippen LogP contribution in [-0.2, 0) is 11.2 Å². The van der Waals surface area contributed by atoms with Crippen LogP contribution in [0.25, 0.3) is 0 Å². The highest BCUT2D eigenvalue weighted by Crippen LogP contribution is 2.26. The van der Waals surface area contributed by atoms with Crippen LogP contribution in [0, 0.1) is 11.2 Å². The van der Waals surface area contributed by atoms with Gasteiger partial charge in [-0.2, -0.15) is 0 Å². The lowest BCUT2D eigenvalue weighted by Crippen LogP contribution is -2.40. The van der Waals surface area contributed by atoms with Crippen LogP contribution in [0.2, 0.25) is 0 Å². The number of carboxylic acids is 1. The summed E-state index contributed by atoms with van der Waals surface area (Å²) in [6.45, 7) is 1.88. The maximum Gasteiger partial charge on any atom is 0.311 e. The second-order valence-electron chi connectivity index (χ2n) is 3.95. The molecule has 0 amide bonds. The molecule has 0 heterocycles. The summed E-state index contributed by atoms with van der Waals surface area (Å²) in [5, 5.41) is 9.19. The Morgan fingerprint density at radius 2 is 2.00 bits per heavy atom. The summed E-state index contributed by atoms with van der Waals surface area (Å²) in [6, 6.07) is 5.85. The normalized spacial score (nSPS) is 14.4. The smallest absolute Gasteiger partial charge is 0.311 e. The molecule has 0 saturated carbocycles. The van der Waals surface area contributed by atoms with E-state index in [2.05, 4.69) is 0 Å². The fraction of sp³-hybridized carbons (Fsp3) is 0.417. The molecule has 0 fully saturated rings. The average Bonchev–Trinajstić information content (AvgIpc) is 2.28. The summed E-state index contributed by atoms with van der Waals surface area (Å²) in [5.41, 5.74) is 5.38. The third kappa shape index (κ3) is 2.58. The topological polar surface area (TPSA) is 63.3 Å². The molecule has 3 N–H and O–H groups in total. The van der Waals surface area contributed by atoms with Crippen molar-refractivity contribution in [1.29, 1.82) is 0 Å². The predicted octanol–water partition coefficient (Wildman–Crippen LogP) is 1.81. The molecular weight excluding hydrogens is 209 g/mol. The minimum atomic E-state index is -0.947. The number of nitrogens with two attached hydrogens (primary N) is 1. The minimum Gasteiger partial charge on any atom is -0.481 e. The molecule has 1 aromatic carbocycles. The highest BCUT2D eigenvalue weighted by atomic mass is 19.1. The van der Waals surface area contributed by atoms with E-state index in [0.717, 1.165) is 5.56 Å². The van der Waals surface area contributed by atoms with Crippen molar-refractivity contribution >= 4 is 5.97 Å². The van der Waals surface area contributed by atoms with E-state index in [1.54, 1.807) is 19.1 Å². The fourth-order valence-electron chi connectivity index (χ4n) is 1.65. The van der Waals surface area contributed by atoms with Gasteiger partial charge in [0.15, 0.2) is 0 Å². The predicted molar refractivity (Wildman–Crippen MR) is 59.5 cm³/mol.